The van der Waals surface area contributed by atoms with E-state index in [9.17, 15) is 4.79 Å². The maximum Gasteiger partial charge on any atom is 0.262 e. The number of nitrogens with zero attached hydrogens (tertiary/aromatic N) is 3. The van der Waals surface area contributed by atoms with Crippen LogP contribution in [0.1, 0.15) is 35.7 Å². The van der Waals surface area contributed by atoms with Gasteiger partial charge in [-0.25, -0.2) is 4.98 Å². The Morgan fingerprint density at radius 3 is 2.40 bits per heavy atom. The lowest BCUT2D eigenvalue weighted by Gasteiger charge is -2.21. The van der Waals surface area contributed by atoms with Crippen LogP contribution in [-0.4, -0.2) is 41.8 Å². The van der Waals surface area contributed by atoms with Gasteiger partial charge in [0.2, 0.25) is 0 Å². The molecule has 30 heavy (non-hydrogen) atoms. The number of thiophene rings is 1. The fourth-order valence-corrected chi connectivity index (χ4v) is 5.04. The molecule has 6 nitrogen and oxygen atoms in total. The van der Waals surface area contributed by atoms with Gasteiger partial charge in [-0.2, -0.15) is 0 Å². The quantitative estimate of drug-likeness (QED) is 0.453. The Morgan fingerprint density at radius 2 is 1.80 bits per heavy atom. The average molecular weight is 494 g/mol. The first-order valence-corrected chi connectivity index (χ1v) is 11.6. The molecule has 0 saturated carbocycles. The second-order valence-corrected chi connectivity index (χ2v) is 9.20. The van der Waals surface area contributed by atoms with Crippen LogP contribution in [0.4, 0.5) is 0 Å². The highest BCUT2D eigenvalue weighted by Gasteiger charge is 2.20. The van der Waals surface area contributed by atoms with Gasteiger partial charge in [0.15, 0.2) is 0 Å². The third kappa shape index (κ3) is 4.26. The van der Waals surface area contributed by atoms with E-state index in [1.807, 2.05) is 26.0 Å². The zero-order valence-electron chi connectivity index (χ0n) is 18.3. The van der Waals surface area contributed by atoms with E-state index in [1.165, 1.54) is 0 Å². The predicted molar refractivity (Wildman–Crippen MR) is 126 cm³/mol. The van der Waals surface area contributed by atoms with Gasteiger partial charge >= 0.3 is 0 Å². The van der Waals surface area contributed by atoms with Gasteiger partial charge in [-0.15, -0.1) is 11.3 Å². The largest absolute Gasteiger partial charge is 0.496 e. The monoisotopic (exact) mass is 493 g/mol. The van der Waals surface area contributed by atoms with E-state index < -0.39 is 0 Å². The molecule has 1 aromatic carbocycles. The molecule has 0 radical (unpaired) electrons. The van der Waals surface area contributed by atoms with E-state index in [1.54, 1.807) is 30.1 Å². The summed E-state index contributed by atoms with van der Waals surface area (Å²) in [4.78, 5) is 22.7. The van der Waals surface area contributed by atoms with Gasteiger partial charge in [0.1, 0.15) is 22.2 Å². The first-order valence-electron chi connectivity index (χ1n) is 9.96. The Hall–Kier alpha value is -1.90. The predicted octanol–water partition coefficient (Wildman–Crippen LogP) is 4.74. The minimum atomic E-state index is -0.00653. The van der Waals surface area contributed by atoms with Crippen molar-refractivity contribution in [2.45, 2.75) is 40.8 Å². The SMILES string of the molecule is CCN(CC)Cc1nc2sc(C)c(C)c2c(=O)n1Cc1cc(OC)c(Br)cc1OC. The molecule has 2 heterocycles. The second kappa shape index (κ2) is 9.49. The molecule has 8 heteroatoms. The molecule has 0 N–H and O–H groups in total. The first-order chi connectivity index (χ1) is 14.3. The van der Waals surface area contributed by atoms with E-state index in [0.717, 1.165) is 44.2 Å². The second-order valence-electron chi connectivity index (χ2n) is 7.14. The van der Waals surface area contributed by atoms with E-state index in [4.69, 9.17) is 14.5 Å². The van der Waals surface area contributed by atoms with Crippen molar-refractivity contribution in [3.8, 4) is 11.5 Å². The van der Waals surface area contributed by atoms with E-state index in [-0.39, 0.29) is 5.56 Å². The van der Waals surface area contributed by atoms with E-state index in [2.05, 4.69) is 34.7 Å². The third-order valence-electron chi connectivity index (χ3n) is 5.51. The topological polar surface area (TPSA) is 56.6 Å². The molecule has 3 aromatic rings. The van der Waals surface area contributed by atoms with Crippen LogP contribution in [0.2, 0.25) is 0 Å². The van der Waals surface area contributed by atoms with Crippen molar-refractivity contribution < 1.29 is 9.47 Å². The van der Waals surface area contributed by atoms with Crippen LogP contribution >= 0.6 is 27.3 Å². The Bertz CT molecular complexity index is 1120. The fourth-order valence-electron chi connectivity index (χ4n) is 3.52. The Kier molecular flexibility index (Phi) is 7.21. The lowest BCUT2D eigenvalue weighted by Crippen LogP contribution is -2.31. The van der Waals surface area contributed by atoms with Crippen molar-refractivity contribution >= 4 is 37.5 Å². The summed E-state index contributed by atoms with van der Waals surface area (Å²) in [7, 11) is 3.25. The highest BCUT2D eigenvalue weighted by Crippen LogP contribution is 2.33. The molecule has 0 spiro atoms. The van der Waals surface area contributed by atoms with Gasteiger partial charge in [0, 0.05) is 10.4 Å². The van der Waals surface area contributed by atoms with E-state index in [0.29, 0.717) is 30.0 Å². The molecule has 0 saturated heterocycles. The van der Waals surface area contributed by atoms with Crippen molar-refractivity contribution in [3.05, 3.63) is 48.8 Å². The molecule has 0 fully saturated rings. The van der Waals surface area contributed by atoms with Crippen molar-refractivity contribution in [3.63, 3.8) is 0 Å². The number of fused-ring (bicyclic) bond motifs is 1. The molecule has 0 aliphatic rings. The average Bonchev–Trinajstić information content (AvgIpc) is 3.02. The maximum absolute atomic E-state index is 13.6. The molecule has 3 rings (SSSR count). The van der Waals surface area contributed by atoms with Gasteiger partial charge < -0.3 is 9.47 Å². The highest BCUT2D eigenvalue weighted by molar-refractivity contribution is 9.10. The number of methoxy groups -OCH3 is 2. The smallest absolute Gasteiger partial charge is 0.262 e. The molecular weight excluding hydrogens is 466 g/mol. The van der Waals surface area contributed by atoms with Crippen LogP contribution < -0.4 is 15.0 Å². The fraction of sp³-hybridized carbons (Fsp3) is 0.455. The van der Waals surface area contributed by atoms with Crippen LogP contribution in [0, 0.1) is 13.8 Å². The molecular formula is C22H28BrN3O3S. The zero-order chi connectivity index (χ0) is 22.0. The molecule has 162 valence electrons. The van der Waals surface area contributed by atoms with Crippen molar-refractivity contribution in [1.82, 2.24) is 14.5 Å². The lowest BCUT2D eigenvalue weighted by molar-refractivity contribution is 0.282. The number of rotatable bonds is 8. The summed E-state index contributed by atoms with van der Waals surface area (Å²) in [5.74, 6) is 2.16. The maximum atomic E-state index is 13.6. The molecule has 0 aliphatic heterocycles. The molecule has 0 bridgehead atoms. The number of hydrogen-bond donors (Lipinski definition) is 0. The number of ether oxygens (including phenoxy) is 2. The number of aromatic nitrogens is 2. The van der Waals surface area contributed by atoms with Gasteiger partial charge in [-0.3, -0.25) is 14.3 Å². The van der Waals surface area contributed by atoms with Gasteiger partial charge in [0.05, 0.1) is 37.2 Å². The first kappa shape index (κ1) is 22.8. The number of aryl methyl sites for hydroxylation is 2. The molecule has 0 atom stereocenters. The summed E-state index contributed by atoms with van der Waals surface area (Å²) in [6, 6.07) is 3.78. The Morgan fingerprint density at radius 1 is 1.13 bits per heavy atom. The van der Waals surface area contributed by atoms with Gasteiger partial charge in [-0.05, 0) is 60.6 Å². The summed E-state index contributed by atoms with van der Waals surface area (Å²) < 4.78 is 13.6. The summed E-state index contributed by atoms with van der Waals surface area (Å²) in [5.41, 5.74) is 1.87. The molecule has 0 aliphatic carbocycles. The summed E-state index contributed by atoms with van der Waals surface area (Å²) in [5, 5.41) is 0.712. The summed E-state index contributed by atoms with van der Waals surface area (Å²) >= 11 is 5.09. The third-order valence-corrected chi connectivity index (χ3v) is 7.23. The molecule has 0 unspecified atom stereocenters. The van der Waals surface area contributed by atoms with Crippen molar-refractivity contribution in [2.24, 2.45) is 0 Å². The molecule has 0 amide bonds. The number of halogens is 1. The summed E-state index contributed by atoms with van der Waals surface area (Å²) in [6.45, 7) is 11.0. The number of benzene rings is 1. The van der Waals surface area contributed by atoms with E-state index >= 15 is 0 Å². The van der Waals surface area contributed by atoms with Crippen LogP contribution in [0.25, 0.3) is 10.2 Å². The van der Waals surface area contributed by atoms with Crippen LogP contribution in [-0.2, 0) is 13.1 Å². The van der Waals surface area contributed by atoms with Crippen LogP contribution in [0.15, 0.2) is 21.4 Å². The van der Waals surface area contributed by atoms with Gasteiger partial charge in [-0.1, -0.05) is 13.8 Å². The molecule has 2 aromatic heterocycles. The highest BCUT2D eigenvalue weighted by atomic mass is 79.9. The standard InChI is InChI=1S/C22H28BrN3O3S/c1-7-25(8-2)12-19-24-21-20(13(3)14(4)30-21)22(27)26(19)11-15-9-18(29-6)16(23)10-17(15)28-5/h9-10H,7-8,11-12H2,1-6H3. The number of hydrogen-bond acceptors (Lipinski definition) is 6. The van der Waals surface area contributed by atoms with Crippen molar-refractivity contribution in [1.29, 1.82) is 0 Å². The van der Waals surface area contributed by atoms with Crippen LogP contribution in [0.5, 0.6) is 11.5 Å². The summed E-state index contributed by atoms with van der Waals surface area (Å²) in [6.07, 6.45) is 0. The minimum Gasteiger partial charge on any atom is -0.496 e. The van der Waals surface area contributed by atoms with Gasteiger partial charge in [0.25, 0.3) is 5.56 Å². The zero-order valence-corrected chi connectivity index (χ0v) is 20.7. The minimum absolute atomic E-state index is 0.00653. The normalized spacial score (nSPS) is 11.5. The van der Waals surface area contributed by atoms with Crippen molar-refractivity contribution in [2.75, 3.05) is 27.3 Å². The Balaban J connectivity index is 2.22. The lowest BCUT2D eigenvalue weighted by atomic mass is 10.1. The Labute approximate surface area is 189 Å². The van der Waals surface area contributed by atoms with Crippen LogP contribution in [0.3, 0.4) is 0 Å².